The number of halogens is 3. The van der Waals surface area contributed by atoms with Crippen molar-refractivity contribution < 1.29 is 27.0 Å². The van der Waals surface area contributed by atoms with Crippen LogP contribution in [0, 0.1) is 17.6 Å². The molecule has 0 aliphatic carbocycles. The summed E-state index contributed by atoms with van der Waals surface area (Å²) in [6.07, 6.45) is -0.402. The highest BCUT2D eigenvalue weighted by atomic mass is 35.5. The van der Waals surface area contributed by atoms with Gasteiger partial charge in [-0.2, -0.15) is 4.31 Å². The van der Waals surface area contributed by atoms with Crippen LogP contribution >= 0.6 is 11.6 Å². The molecule has 3 atom stereocenters. The van der Waals surface area contributed by atoms with Gasteiger partial charge in [-0.05, 0) is 62.4 Å². The number of methoxy groups -OCH3 is 1. The van der Waals surface area contributed by atoms with Crippen LogP contribution in [0.3, 0.4) is 0 Å². The van der Waals surface area contributed by atoms with E-state index < -0.39 is 33.8 Å². The number of aliphatic hydroxyl groups excluding tert-OH is 1. The van der Waals surface area contributed by atoms with Crippen molar-refractivity contribution in [3.8, 4) is 0 Å². The largest absolute Gasteiger partial charge is 0.395 e. The van der Waals surface area contributed by atoms with Gasteiger partial charge < -0.3 is 9.84 Å². The van der Waals surface area contributed by atoms with Crippen LogP contribution in [0.1, 0.15) is 19.4 Å². The topological polar surface area (TPSA) is 70.1 Å². The molecule has 0 unspecified atom stereocenters. The van der Waals surface area contributed by atoms with E-state index in [0.717, 1.165) is 18.2 Å². The van der Waals surface area contributed by atoms with E-state index in [1.54, 1.807) is 18.9 Å². The van der Waals surface area contributed by atoms with Gasteiger partial charge in [0.2, 0.25) is 10.0 Å². The predicted octanol–water partition coefficient (Wildman–Crippen LogP) is 3.77. The summed E-state index contributed by atoms with van der Waals surface area (Å²) >= 11 is 5.89. The standard InChI is InChI=1S/C23H31ClF2N2O4S/c1-16(23(32-4)14-27(3)13-18-11-20(25)7-10-22(18)26)12-28(17(2)15-29)33(30,31)21-8-5-19(24)6-9-21/h5-11,16-17,23,29H,12-15H2,1-4H3/t16-,17+,23-/m1/s1. The van der Waals surface area contributed by atoms with E-state index in [1.807, 2.05) is 6.92 Å². The fraction of sp³-hybridized carbons (Fsp3) is 0.478. The summed E-state index contributed by atoms with van der Waals surface area (Å²) in [5.74, 6) is -1.29. The molecule has 0 bridgehead atoms. The zero-order valence-electron chi connectivity index (χ0n) is 19.2. The lowest BCUT2D eigenvalue weighted by Crippen LogP contribution is -2.46. The molecule has 1 N–H and O–H groups in total. The number of hydrogen-bond acceptors (Lipinski definition) is 5. The lowest BCUT2D eigenvalue weighted by molar-refractivity contribution is 0.0219. The molecule has 0 radical (unpaired) electrons. The summed E-state index contributed by atoms with van der Waals surface area (Å²) in [7, 11) is -0.628. The molecule has 0 heterocycles. The molecule has 0 fully saturated rings. The van der Waals surface area contributed by atoms with Crippen molar-refractivity contribution >= 4 is 21.6 Å². The summed E-state index contributed by atoms with van der Waals surface area (Å²) in [5, 5.41) is 10.1. The number of ether oxygens (including phenoxy) is 1. The molecule has 0 aromatic heterocycles. The molecule has 6 nitrogen and oxygen atoms in total. The minimum absolute atomic E-state index is 0.0760. The summed E-state index contributed by atoms with van der Waals surface area (Å²) in [6.45, 7) is 3.73. The van der Waals surface area contributed by atoms with Gasteiger partial charge in [-0.25, -0.2) is 17.2 Å². The van der Waals surface area contributed by atoms with Crippen molar-refractivity contribution in [2.45, 2.75) is 37.4 Å². The average Bonchev–Trinajstić information content (AvgIpc) is 2.77. The molecule has 0 amide bonds. The monoisotopic (exact) mass is 504 g/mol. The van der Waals surface area contributed by atoms with Crippen LogP contribution in [0.15, 0.2) is 47.4 Å². The molecule has 2 rings (SSSR count). The van der Waals surface area contributed by atoms with E-state index in [2.05, 4.69) is 0 Å². The summed E-state index contributed by atoms with van der Waals surface area (Å²) in [5.41, 5.74) is 0.223. The van der Waals surface area contributed by atoms with Gasteiger partial charge in [0.05, 0.1) is 17.6 Å². The third-order valence-corrected chi connectivity index (χ3v) is 7.77. The molecular formula is C23H31ClF2N2O4S. The molecule has 10 heteroatoms. The second-order valence-electron chi connectivity index (χ2n) is 8.24. The smallest absolute Gasteiger partial charge is 0.243 e. The Bertz CT molecular complexity index is 1010. The minimum atomic E-state index is -3.90. The zero-order valence-corrected chi connectivity index (χ0v) is 20.8. The van der Waals surface area contributed by atoms with Gasteiger partial charge >= 0.3 is 0 Å². The highest BCUT2D eigenvalue weighted by Gasteiger charge is 2.32. The second-order valence-corrected chi connectivity index (χ2v) is 10.6. The third kappa shape index (κ3) is 7.43. The first-order valence-corrected chi connectivity index (χ1v) is 12.3. The molecule has 0 aliphatic rings. The van der Waals surface area contributed by atoms with Gasteiger partial charge in [0.1, 0.15) is 11.6 Å². The van der Waals surface area contributed by atoms with Crippen molar-refractivity contribution in [1.82, 2.24) is 9.21 Å². The first kappa shape index (κ1) is 27.6. The first-order chi connectivity index (χ1) is 15.5. The Kier molecular flexibility index (Phi) is 10.2. The molecule has 0 saturated heterocycles. The van der Waals surface area contributed by atoms with Crippen LogP contribution in [0.5, 0.6) is 0 Å². The number of likely N-dealkylation sites (N-methyl/N-ethyl adjacent to an activating group) is 1. The molecule has 0 saturated carbocycles. The lowest BCUT2D eigenvalue weighted by Gasteiger charge is -2.33. The number of aliphatic hydroxyl groups is 1. The Balaban J connectivity index is 2.16. The SMILES string of the molecule is CO[C@H](CN(C)Cc1cc(F)ccc1F)[C@H](C)CN([C@@H](C)CO)S(=O)(=O)c1ccc(Cl)cc1. The predicted molar refractivity (Wildman–Crippen MR) is 125 cm³/mol. The van der Waals surface area contributed by atoms with E-state index in [1.165, 1.54) is 35.7 Å². The van der Waals surface area contributed by atoms with E-state index >= 15 is 0 Å². The van der Waals surface area contributed by atoms with Gasteiger partial charge in [0, 0.05) is 43.4 Å². The van der Waals surface area contributed by atoms with E-state index in [4.69, 9.17) is 16.3 Å². The van der Waals surface area contributed by atoms with Crippen LogP contribution in [-0.2, 0) is 21.3 Å². The lowest BCUT2D eigenvalue weighted by atomic mass is 10.0. The quantitative estimate of drug-likeness (QED) is 0.476. The van der Waals surface area contributed by atoms with Crippen LogP contribution in [-0.4, -0.2) is 68.7 Å². The van der Waals surface area contributed by atoms with E-state index in [-0.39, 0.29) is 36.1 Å². The van der Waals surface area contributed by atoms with Crippen molar-refractivity contribution in [3.05, 3.63) is 64.7 Å². The minimum Gasteiger partial charge on any atom is -0.395 e. The van der Waals surface area contributed by atoms with Gasteiger partial charge in [-0.1, -0.05) is 18.5 Å². The van der Waals surface area contributed by atoms with Crippen LogP contribution in [0.2, 0.25) is 5.02 Å². The van der Waals surface area contributed by atoms with Crippen LogP contribution in [0.4, 0.5) is 8.78 Å². The maximum absolute atomic E-state index is 14.0. The van der Waals surface area contributed by atoms with Crippen LogP contribution in [0.25, 0.3) is 0 Å². The van der Waals surface area contributed by atoms with Gasteiger partial charge in [-0.15, -0.1) is 0 Å². The molecule has 33 heavy (non-hydrogen) atoms. The Morgan fingerprint density at radius 1 is 1.09 bits per heavy atom. The average molecular weight is 505 g/mol. The summed E-state index contributed by atoms with van der Waals surface area (Å²) in [6, 6.07) is 8.49. The second kappa shape index (κ2) is 12.2. The molecular weight excluding hydrogens is 474 g/mol. The van der Waals surface area contributed by atoms with Crippen molar-refractivity contribution in [1.29, 1.82) is 0 Å². The highest BCUT2D eigenvalue weighted by Crippen LogP contribution is 2.23. The summed E-state index contributed by atoms with van der Waals surface area (Å²) in [4.78, 5) is 1.86. The van der Waals surface area contributed by atoms with Crippen molar-refractivity contribution in [3.63, 3.8) is 0 Å². The Morgan fingerprint density at radius 3 is 2.30 bits per heavy atom. The fourth-order valence-corrected chi connectivity index (χ4v) is 5.41. The maximum Gasteiger partial charge on any atom is 0.243 e. The fourth-order valence-electron chi connectivity index (χ4n) is 3.56. The first-order valence-electron chi connectivity index (χ1n) is 10.5. The van der Waals surface area contributed by atoms with Crippen LogP contribution < -0.4 is 0 Å². The maximum atomic E-state index is 14.0. The molecule has 2 aromatic rings. The number of hydrogen-bond donors (Lipinski definition) is 1. The zero-order chi connectivity index (χ0) is 24.8. The van der Waals surface area contributed by atoms with Gasteiger partial charge in [0.25, 0.3) is 0 Å². The van der Waals surface area contributed by atoms with E-state index in [9.17, 15) is 22.3 Å². The number of benzene rings is 2. The Morgan fingerprint density at radius 2 is 1.73 bits per heavy atom. The Hall–Kier alpha value is -1.62. The molecule has 0 spiro atoms. The van der Waals surface area contributed by atoms with E-state index in [0.29, 0.717) is 11.6 Å². The molecule has 184 valence electrons. The summed E-state index contributed by atoms with van der Waals surface area (Å²) < 4.78 is 60.9. The van der Waals surface area contributed by atoms with Crippen molar-refractivity contribution in [2.24, 2.45) is 5.92 Å². The van der Waals surface area contributed by atoms with Gasteiger partial charge in [-0.3, -0.25) is 4.90 Å². The van der Waals surface area contributed by atoms with Crippen molar-refractivity contribution in [2.75, 3.05) is 33.9 Å². The van der Waals surface area contributed by atoms with Gasteiger partial charge in [0.15, 0.2) is 0 Å². The highest BCUT2D eigenvalue weighted by molar-refractivity contribution is 7.89. The molecule has 2 aromatic carbocycles. The number of rotatable bonds is 12. The molecule has 0 aliphatic heterocycles. The number of nitrogens with zero attached hydrogens (tertiary/aromatic N) is 2. The normalized spacial score (nSPS) is 15.1. The Labute approximate surface area is 199 Å². The number of sulfonamides is 1. The third-order valence-electron chi connectivity index (χ3n) is 5.52.